The molecule has 0 bridgehead atoms. The number of carbonyl (C=O) groups is 1. The van der Waals surface area contributed by atoms with Gasteiger partial charge in [-0.3, -0.25) is 10.1 Å². The molecule has 0 atom stereocenters. The number of hydrogen-bond donors (Lipinski definition) is 1. The fraction of sp³-hybridized carbons (Fsp3) is 0.462. The lowest BCUT2D eigenvalue weighted by molar-refractivity contribution is -0.385. The molecule has 21 heavy (non-hydrogen) atoms. The number of rotatable bonds is 3. The number of ether oxygens (including phenoxy) is 1. The van der Waals surface area contributed by atoms with Crippen LogP contribution >= 0.6 is 0 Å². The average molecular weight is 295 g/mol. The Bertz CT molecular complexity index is 541. The van der Waals surface area contributed by atoms with Gasteiger partial charge in [-0.25, -0.2) is 4.79 Å². The summed E-state index contributed by atoms with van der Waals surface area (Å²) in [5.74, 6) is -0.356. The lowest BCUT2D eigenvalue weighted by Crippen LogP contribution is -2.49. The van der Waals surface area contributed by atoms with Crippen LogP contribution in [-0.4, -0.2) is 53.8 Å². The first-order chi connectivity index (χ1) is 10.0. The zero-order chi connectivity index (χ0) is 15.4. The minimum atomic E-state index is -0.627. The Labute approximate surface area is 121 Å². The first-order valence-electron chi connectivity index (χ1n) is 6.67. The Kier molecular flexibility index (Phi) is 4.46. The second-order valence-corrected chi connectivity index (χ2v) is 4.60. The van der Waals surface area contributed by atoms with Crippen molar-refractivity contribution in [2.75, 3.05) is 37.7 Å². The second kappa shape index (κ2) is 6.29. The molecule has 1 aromatic rings. The van der Waals surface area contributed by atoms with Crippen molar-refractivity contribution in [2.45, 2.75) is 6.92 Å². The minimum Gasteiger partial charge on any atom is -0.502 e. The quantitative estimate of drug-likeness (QED) is 0.671. The molecule has 0 saturated carbocycles. The van der Waals surface area contributed by atoms with Gasteiger partial charge in [0.1, 0.15) is 0 Å². The molecule has 1 aliphatic rings. The molecule has 1 N–H and O–H groups in total. The summed E-state index contributed by atoms with van der Waals surface area (Å²) in [6.07, 6.45) is -0.330. The topological polar surface area (TPSA) is 96.2 Å². The Morgan fingerprint density at radius 1 is 1.38 bits per heavy atom. The summed E-state index contributed by atoms with van der Waals surface area (Å²) in [5.41, 5.74) is 0.380. The van der Waals surface area contributed by atoms with Gasteiger partial charge in [-0.1, -0.05) is 0 Å². The zero-order valence-electron chi connectivity index (χ0n) is 11.7. The molecule has 0 aromatic heterocycles. The van der Waals surface area contributed by atoms with Crippen LogP contribution in [0.2, 0.25) is 0 Å². The van der Waals surface area contributed by atoms with E-state index in [0.717, 1.165) is 0 Å². The number of nitro benzene ring substituents is 1. The van der Waals surface area contributed by atoms with Gasteiger partial charge in [0.2, 0.25) is 0 Å². The van der Waals surface area contributed by atoms with Crippen LogP contribution in [0.5, 0.6) is 5.75 Å². The summed E-state index contributed by atoms with van der Waals surface area (Å²) < 4.78 is 4.94. The molecule has 0 radical (unpaired) electrons. The van der Waals surface area contributed by atoms with Gasteiger partial charge >= 0.3 is 11.8 Å². The van der Waals surface area contributed by atoms with Gasteiger partial charge in [0.05, 0.1) is 11.5 Å². The maximum atomic E-state index is 11.6. The van der Waals surface area contributed by atoms with Crippen LogP contribution in [0.15, 0.2) is 18.2 Å². The van der Waals surface area contributed by atoms with E-state index < -0.39 is 4.92 Å². The number of carbonyl (C=O) groups excluding carboxylic acids is 1. The van der Waals surface area contributed by atoms with E-state index in [-0.39, 0.29) is 17.5 Å². The van der Waals surface area contributed by atoms with E-state index in [1.807, 2.05) is 4.90 Å². The van der Waals surface area contributed by atoms with E-state index in [0.29, 0.717) is 38.5 Å². The fourth-order valence-electron chi connectivity index (χ4n) is 2.22. The predicted octanol–water partition coefficient (Wildman–Crippen LogP) is 1.58. The maximum Gasteiger partial charge on any atom is 0.409 e. The summed E-state index contributed by atoms with van der Waals surface area (Å²) in [7, 11) is 0. The number of phenols is 1. The molecular weight excluding hydrogens is 278 g/mol. The van der Waals surface area contributed by atoms with Gasteiger partial charge in [0.15, 0.2) is 5.75 Å². The van der Waals surface area contributed by atoms with Gasteiger partial charge in [-0.05, 0) is 13.0 Å². The van der Waals surface area contributed by atoms with Crippen molar-refractivity contribution in [3.8, 4) is 5.75 Å². The van der Waals surface area contributed by atoms with Gasteiger partial charge in [0, 0.05) is 44.0 Å². The van der Waals surface area contributed by atoms with E-state index in [1.165, 1.54) is 12.1 Å². The van der Waals surface area contributed by atoms with Crippen LogP contribution in [0.1, 0.15) is 6.92 Å². The molecule has 0 spiro atoms. The van der Waals surface area contributed by atoms with Gasteiger partial charge < -0.3 is 19.6 Å². The van der Waals surface area contributed by atoms with E-state index in [9.17, 15) is 20.0 Å². The lowest BCUT2D eigenvalue weighted by Gasteiger charge is -2.35. The summed E-state index contributed by atoms with van der Waals surface area (Å²) in [5, 5.41) is 20.3. The first-order valence-corrected chi connectivity index (χ1v) is 6.67. The largest absolute Gasteiger partial charge is 0.502 e. The van der Waals surface area contributed by atoms with E-state index >= 15 is 0 Å². The Morgan fingerprint density at radius 2 is 2.05 bits per heavy atom. The lowest BCUT2D eigenvalue weighted by atomic mass is 10.2. The summed E-state index contributed by atoms with van der Waals surface area (Å²) in [6, 6.07) is 4.25. The van der Waals surface area contributed by atoms with Crippen LogP contribution in [0.3, 0.4) is 0 Å². The Morgan fingerprint density at radius 3 is 2.57 bits per heavy atom. The molecule has 0 aliphatic carbocycles. The average Bonchev–Trinajstić information content (AvgIpc) is 2.47. The number of piperazine rings is 1. The first kappa shape index (κ1) is 14.9. The monoisotopic (exact) mass is 295 g/mol. The molecule has 114 valence electrons. The van der Waals surface area contributed by atoms with Gasteiger partial charge in [-0.15, -0.1) is 0 Å². The second-order valence-electron chi connectivity index (χ2n) is 4.60. The van der Waals surface area contributed by atoms with Crippen molar-refractivity contribution in [3.63, 3.8) is 0 Å². The number of hydrogen-bond acceptors (Lipinski definition) is 6. The number of benzene rings is 1. The summed E-state index contributed by atoms with van der Waals surface area (Å²) in [6.45, 7) is 4.28. The van der Waals surface area contributed by atoms with Crippen LogP contribution in [0.4, 0.5) is 16.2 Å². The highest BCUT2D eigenvalue weighted by Gasteiger charge is 2.23. The standard InChI is InChI=1S/C13H17N3O5/c1-2-21-13(18)15-7-5-14(6-8-15)10-3-4-11(16(19)20)12(17)9-10/h3-4,9,17H,2,5-8H2,1H3. The van der Waals surface area contributed by atoms with Crippen molar-refractivity contribution in [1.82, 2.24) is 4.90 Å². The third kappa shape index (κ3) is 3.33. The third-order valence-electron chi connectivity index (χ3n) is 3.33. The summed E-state index contributed by atoms with van der Waals surface area (Å²) in [4.78, 5) is 25.2. The highest BCUT2D eigenvalue weighted by molar-refractivity contribution is 5.68. The molecule has 1 fully saturated rings. The van der Waals surface area contributed by atoms with Crippen molar-refractivity contribution in [2.24, 2.45) is 0 Å². The Balaban J connectivity index is 2.01. The predicted molar refractivity (Wildman–Crippen MR) is 75.6 cm³/mol. The fourth-order valence-corrected chi connectivity index (χ4v) is 2.22. The highest BCUT2D eigenvalue weighted by atomic mass is 16.6. The molecule has 8 heteroatoms. The van der Waals surface area contributed by atoms with Crippen molar-refractivity contribution >= 4 is 17.5 Å². The molecule has 2 rings (SSSR count). The van der Waals surface area contributed by atoms with E-state index in [4.69, 9.17) is 4.74 Å². The number of phenolic OH excluding ortho intramolecular Hbond substituents is 1. The summed E-state index contributed by atoms with van der Waals surface area (Å²) >= 11 is 0. The zero-order valence-corrected chi connectivity index (χ0v) is 11.7. The smallest absolute Gasteiger partial charge is 0.409 e. The molecule has 1 aliphatic heterocycles. The van der Waals surface area contributed by atoms with E-state index in [2.05, 4.69) is 0 Å². The van der Waals surface area contributed by atoms with Crippen molar-refractivity contribution in [3.05, 3.63) is 28.3 Å². The minimum absolute atomic E-state index is 0.316. The molecule has 8 nitrogen and oxygen atoms in total. The number of nitro groups is 1. The van der Waals surface area contributed by atoms with Gasteiger partial charge in [-0.2, -0.15) is 0 Å². The van der Waals surface area contributed by atoms with E-state index in [1.54, 1.807) is 17.9 Å². The normalized spacial score (nSPS) is 14.9. The molecular formula is C13H17N3O5. The van der Waals surface area contributed by atoms with Crippen LogP contribution < -0.4 is 4.90 Å². The molecule has 1 saturated heterocycles. The molecule has 1 aromatic carbocycles. The number of anilines is 1. The number of aromatic hydroxyl groups is 1. The highest BCUT2D eigenvalue weighted by Crippen LogP contribution is 2.30. The van der Waals surface area contributed by atoms with Crippen molar-refractivity contribution in [1.29, 1.82) is 0 Å². The Hall–Kier alpha value is -2.51. The number of amides is 1. The number of nitrogens with zero attached hydrogens (tertiary/aromatic N) is 3. The van der Waals surface area contributed by atoms with Crippen LogP contribution in [-0.2, 0) is 4.74 Å². The molecule has 1 amide bonds. The third-order valence-corrected chi connectivity index (χ3v) is 3.33. The maximum absolute atomic E-state index is 11.6. The molecule has 0 unspecified atom stereocenters. The van der Waals surface area contributed by atoms with Crippen LogP contribution in [0.25, 0.3) is 0 Å². The van der Waals surface area contributed by atoms with Gasteiger partial charge in [0.25, 0.3) is 0 Å². The van der Waals surface area contributed by atoms with Crippen LogP contribution in [0, 0.1) is 10.1 Å². The SMILES string of the molecule is CCOC(=O)N1CCN(c2ccc([N+](=O)[O-])c(O)c2)CC1. The molecule has 1 heterocycles. The van der Waals surface area contributed by atoms with Crippen molar-refractivity contribution < 1.29 is 19.6 Å².